The summed E-state index contributed by atoms with van der Waals surface area (Å²) in [6.07, 6.45) is 7.07. The molecule has 0 atom stereocenters. The van der Waals surface area contributed by atoms with Crippen molar-refractivity contribution in [1.29, 1.82) is 0 Å². The second kappa shape index (κ2) is 10.1. The highest BCUT2D eigenvalue weighted by molar-refractivity contribution is 5.90. The summed E-state index contributed by atoms with van der Waals surface area (Å²) in [6.45, 7) is 4.83. The van der Waals surface area contributed by atoms with Crippen LogP contribution in [0.4, 0.5) is 0 Å². The van der Waals surface area contributed by atoms with Gasteiger partial charge in [0.25, 0.3) is 0 Å². The zero-order valence-electron chi connectivity index (χ0n) is 13.1. The molecule has 0 bridgehead atoms. The molecule has 21 heavy (non-hydrogen) atoms. The molecular formula is C17H26O4. The summed E-state index contributed by atoms with van der Waals surface area (Å²) in [5.74, 6) is -0.00921. The Bertz CT molecular complexity index is 429. The molecular weight excluding hydrogens is 268 g/mol. The number of hydrogen-bond acceptors (Lipinski definition) is 4. The van der Waals surface area contributed by atoms with E-state index in [-0.39, 0.29) is 5.75 Å². The van der Waals surface area contributed by atoms with E-state index >= 15 is 0 Å². The molecule has 0 saturated carbocycles. The molecule has 1 N–H and O–H groups in total. The maximum Gasteiger partial charge on any atom is 0.338 e. The van der Waals surface area contributed by atoms with Gasteiger partial charge in [-0.3, -0.25) is 0 Å². The van der Waals surface area contributed by atoms with E-state index < -0.39 is 5.97 Å². The minimum atomic E-state index is -0.401. The Labute approximate surface area is 127 Å². The molecule has 0 aliphatic rings. The fourth-order valence-electron chi connectivity index (χ4n) is 2.04. The lowest BCUT2D eigenvalue weighted by Crippen LogP contribution is -2.05. The van der Waals surface area contributed by atoms with Gasteiger partial charge in [-0.05, 0) is 31.5 Å². The number of esters is 1. The molecule has 0 aliphatic carbocycles. The van der Waals surface area contributed by atoms with E-state index in [1.165, 1.54) is 43.9 Å². The first-order chi connectivity index (χ1) is 10.2. The van der Waals surface area contributed by atoms with Crippen LogP contribution < -0.4 is 4.74 Å². The Hall–Kier alpha value is -1.71. The van der Waals surface area contributed by atoms with E-state index in [2.05, 4.69) is 6.92 Å². The molecule has 0 unspecified atom stereocenters. The van der Waals surface area contributed by atoms with Gasteiger partial charge in [0.2, 0.25) is 0 Å². The number of aromatic hydroxyl groups is 1. The number of carbonyl (C=O) groups is 1. The predicted octanol–water partition coefficient (Wildman–Crippen LogP) is 4.31. The van der Waals surface area contributed by atoms with Gasteiger partial charge < -0.3 is 14.6 Å². The second-order valence-electron chi connectivity index (χ2n) is 5.02. The van der Waals surface area contributed by atoms with E-state index in [0.717, 1.165) is 12.8 Å². The minimum Gasteiger partial charge on any atom is -0.504 e. The summed E-state index contributed by atoms with van der Waals surface area (Å²) >= 11 is 0. The Kier molecular flexibility index (Phi) is 8.32. The molecule has 0 aromatic heterocycles. The van der Waals surface area contributed by atoms with Gasteiger partial charge in [0, 0.05) is 0 Å². The number of benzene rings is 1. The van der Waals surface area contributed by atoms with Crippen LogP contribution in [-0.2, 0) is 4.74 Å². The molecule has 0 radical (unpaired) electrons. The highest BCUT2D eigenvalue weighted by Gasteiger charge is 2.10. The molecule has 0 saturated heterocycles. The number of carbonyl (C=O) groups excluding carboxylic acids is 1. The topological polar surface area (TPSA) is 55.8 Å². The van der Waals surface area contributed by atoms with Crippen LogP contribution in [0, 0.1) is 0 Å². The number of phenols is 1. The first-order valence-electron chi connectivity index (χ1n) is 7.82. The van der Waals surface area contributed by atoms with Crippen LogP contribution in [0.1, 0.15) is 62.7 Å². The molecule has 0 amide bonds. The molecule has 118 valence electrons. The minimum absolute atomic E-state index is 0.0500. The van der Waals surface area contributed by atoms with Crippen LogP contribution >= 0.6 is 0 Å². The van der Waals surface area contributed by atoms with Crippen LogP contribution in [0.15, 0.2) is 18.2 Å². The number of hydrogen-bond donors (Lipinski definition) is 1. The largest absolute Gasteiger partial charge is 0.504 e. The van der Waals surface area contributed by atoms with E-state index in [1.807, 2.05) is 0 Å². The fourth-order valence-corrected chi connectivity index (χ4v) is 2.04. The molecule has 0 heterocycles. The third kappa shape index (κ3) is 6.52. The van der Waals surface area contributed by atoms with Crippen LogP contribution in [0.2, 0.25) is 0 Å². The molecule has 0 fully saturated rings. The van der Waals surface area contributed by atoms with Crippen LogP contribution in [0.25, 0.3) is 0 Å². The zero-order valence-corrected chi connectivity index (χ0v) is 13.1. The highest BCUT2D eigenvalue weighted by atomic mass is 16.5. The van der Waals surface area contributed by atoms with Crippen molar-refractivity contribution in [3.63, 3.8) is 0 Å². The number of unbranched alkanes of at least 4 members (excludes halogenated alkanes) is 5. The molecule has 1 aromatic carbocycles. The number of phenolic OH excluding ortho intramolecular Hbond substituents is 1. The Morgan fingerprint density at radius 3 is 2.52 bits per heavy atom. The third-order valence-corrected chi connectivity index (χ3v) is 3.23. The van der Waals surface area contributed by atoms with Gasteiger partial charge in [-0.25, -0.2) is 4.79 Å². The van der Waals surface area contributed by atoms with Crippen LogP contribution in [0.5, 0.6) is 11.5 Å². The maximum absolute atomic E-state index is 11.6. The standard InChI is InChI=1S/C17H26O4/c1-3-5-6-7-8-9-12-21-16-13-14(10-11-15(16)18)17(19)20-4-2/h10-11,13,18H,3-9,12H2,1-2H3. The summed E-state index contributed by atoms with van der Waals surface area (Å²) in [4.78, 5) is 11.6. The van der Waals surface area contributed by atoms with Gasteiger partial charge in [0.05, 0.1) is 18.8 Å². The summed E-state index contributed by atoms with van der Waals surface area (Å²) in [5, 5.41) is 9.74. The van der Waals surface area contributed by atoms with E-state index in [4.69, 9.17) is 9.47 Å². The summed E-state index contributed by atoms with van der Waals surface area (Å²) < 4.78 is 10.5. The average molecular weight is 294 g/mol. The SMILES string of the molecule is CCCCCCCCOc1cc(C(=O)OCC)ccc1O. The average Bonchev–Trinajstić information content (AvgIpc) is 2.48. The second-order valence-corrected chi connectivity index (χ2v) is 5.02. The molecule has 1 rings (SSSR count). The van der Waals surface area contributed by atoms with Gasteiger partial charge in [-0.2, -0.15) is 0 Å². The Balaban J connectivity index is 2.40. The van der Waals surface area contributed by atoms with E-state index in [9.17, 15) is 9.90 Å². The molecule has 4 heteroatoms. The van der Waals surface area contributed by atoms with Crippen molar-refractivity contribution in [2.75, 3.05) is 13.2 Å². The first-order valence-corrected chi connectivity index (χ1v) is 7.82. The van der Waals surface area contributed by atoms with Crippen molar-refractivity contribution in [2.45, 2.75) is 52.4 Å². The summed E-state index contributed by atoms with van der Waals surface area (Å²) in [6, 6.07) is 4.53. The molecule has 1 aromatic rings. The lowest BCUT2D eigenvalue weighted by molar-refractivity contribution is 0.0526. The molecule has 4 nitrogen and oxygen atoms in total. The maximum atomic E-state index is 11.6. The smallest absolute Gasteiger partial charge is 0.338 e. The summed E-state index contributed by atoms with van der Waals surface area (Å²) in [5.41, 5.74) is 0.396. The number of rotatable bonds is 10. The van der Waals surface area contributed by atoms with Gasteiger partial charge in [-0.15, -0.1) is 0 Å². The monoisotopic (exact) mass is 294 g/mol. The molecule has 0 spiro atoms. The van der Waals surface area contributed by atoms with E-state index in [0.29, 0.717) is 24.5 Å². The first kappa shape index (κ1) is 17.3. The van der Waals surface area contributed by atoms with Crippen LogP contribution in [-0.4, -0.2) is 24.3 Å². The highest BCUT2D eigenvalue weighted by Crippen LogP contribution is 2.27. The molecule has 0 aliphatic heterocycles. The van der Waals surface area contributed by atoms with Crippen molar-refractivity contribution < 1.29 is 19.4 Å². The van der Waals surface area contributed by atoms with Crippen molar-refractivity contribution in [2.24, 2.45) is 0 Å². The Morgan fingerprint density at radius 1 is 1.10 bits per heavy atom. The Morgan fingerprint density at radius 2 is 1.81 bits per heavy atom. The normalized spacial score (nSPS) is 10.4. The van der Waals surface area contributed by atoms with Gasteiger partial charge in [0.1, 0.15) is 0 Å². The third-order valence-electron chi connectivity index (χ3n) is 3.23. The van der Waals surface area contributed by atoms with E-state index in [1.54, 1.807) is 6.92 Å². The quantitative estimate of drug-likeness (QED) is 0.516. The summed E-state index contributed by atoms with van der Waals surface area (Å²) in [7, 11) is 0. The van der Waals surface area contributed by atoms with Gasteiger partial charge >= 0.3 is 5.97 Å². The van der Waals surface area contributed by atoms with Gasteiger partial charge in [0.15, 0.2) is 11.5 Å². The van der Waals surface area contributed by atoms with Crippen molar-refractivity contribution in [1.82, 2.24) is 0 Å². The van der Waals surface area contributed by atoms with Crippen molar-refractivity contribution in [3.05, 3.63) is 23.8 Å². The van der Waals surface area contributed by atoms with Crippen LogP contribution in [0.3, 0.4) is 0 Å². The van der Waals surface area contributed by atoms with Gasteiger partial charge in [-0.1, -0.05) is 39.0 Å². The lowest BCUT2D eigenvalue weighted by atomic mass is 10.1. The zero-order chi connectivity index (χ0) is 15.5. The fraction of sp³-hybridized carbons (Fsp3) is 0.588. The van der Waals surface area contributed by atoms with Crippen molar-refractivity contribution >= 4 is 5.97 Å². The van der Waals surface area contributed by atoms with Crippen molar-refractivity contribution in [3.8, 4) is 11.5 Å². The lowest BCUT2D eigenvalue weighted by Gasteiger charge is -2.09. The number of ether oxygens (including phenoxy) is 2. The predicted molar refractivity (Wildman–Crippen MR) is 82.9 cm³/mol.